The molecule has 0 unspecified atom stereocenters. The van der Waals surface area contributed by atoms with Crippen molar-refractivity contribution in [1.82, 2.24) is 0 Å². The Morgan fingerprint density at radius 2 is 1.08 bits per heavy atom. The highest BCUT2D eigenvalue weighted by atomic mass is 15.1. The smallest absolute Gasteiger partial charge is 0.0543 e. The number of fused-ring (bicyclic) bond motifs is 6. The van der Waals surface area contributed by atoms with Crippen LogP contribution in [0.1, 0.15) is 43.2 Å². The lowest BCUT2D eigenvalue weighted by Crippen LogP contribution is -2.55. The Kier molecular flexibility index (Phi) is 5.91. The van der Waals surface area contributed by atoms with Crippen LogP contribution in [0.3, 0.4) is 0 Å². The van der Waals surface area contributed by atoms with Crippen molar-refractivity contribution < 1.29 is 0 Å². The molecule has 236 valence electrons. The zero-order valence-corrected chi connectivity index (χ0v) is 27.7. The van der Waals surface area contributed by atoms with Gasteiger partial charge in [-0.1, -0.05) is 121 Å². The van der Waals surface area contributed by atoms with Crippen LogP contribution in [-0.4, -0.2) is 0 Å². The number of nitrogens with zero attached hydrogens (tertiary/aromatic N) is 1. The Bertz CT molecular complexity index is 2370. The van der Waals surface area contributed by atoms with Gasteiger partial charge in [0.05, 0.1) is 5.69 Å². The van der Waals surface area contributed by atoms with Gasteiger partial charge in [0.1, 0.15) is 0 Å². The second kappa shape index (κ2) is 10.4. The van der Waals surface area contributed by atoms with Gasteiger partial charge in [-0.15, -0.1) is 0 Å². The monoisotopic (exact) mass is 629 g/mol. The van der Waals surface area contributed by atoms with Crippen LogP contribution < -0.4 is 4.90 Å². The summed E-state index contributed by atoms with van der Waals surface area (Å²) < 4.78 is 0. The molecule has 0 atom stereocenters. The summed E-state index contributed by atoms with van der Waals surface area (Å²) in [6, 6.07) is 57.2. The van der Waals surface area contributed by atoms with E-state index in [9.17, 15) is 0 Å². The van der Waals surface area contributed by atoms with Crippen LogP contribution in [-0.2, 0) is 5.41 Å². The Balaban J connectivity index is 1.14. The Hall–Kier alpha value is -5.14. The summed E-state index contributed by atoms with van der Waals surface area (Å²) in [5.41, 5.74) is 12.4. The lowest BCUT2D eigenvalue weighted by Gasteiger charge is -2.61. The normalized spacial score (nSPS) is 24.4. The molecule has 5 aliphatic carbocycles. The molecular formula is C48H39N. The molecule has 0 amide bonds. The highest BCUT2D eigenvalue weighted by Crippen LogP contribution is 2.70. The lowest BCUT2D eigenvalue weighted by atomic mass is 9.43. The summed E-state index contributed by atoms with van der Waals surface area (Å²) in [7, 11) is 0. The van der Waals surface area contributed by atoms with Gasteiger partial charge in [-0.3, -0.25) is 0 Å². The molecule has 0 N–H and O–H groups in total. The molecule has 7 aromatic carbocycles. The van der Waals surface area contributed by atoms with Crippen molar-refractivity contribution in [3.63, 3.8) is 0 Å². The molecule has 12 rings (SSSR count). The zero-order chi connectivity index (χ0) is 32.1. The first kappa shape index (κ1) is 27.8. The number of hydrogen-bond donors (Lipinski definition) is 0. The Morgan fingerprint density at radius 3 is 1.90 bits per heavy atom. The molecule has 0 aliphatic heterocycles. The maximum atomic E-state index is 2.55. The minimum atomic E-state index is 0.139. The van der Waals surface area contributed by atoms with Crippen LogP contribution in [0.15, 0.2) is 152 Å². The van der Waals surface area contributed by atoms with Crippen LogP contribution in [0.2, 0.25) is 0 Å². The molecule has 0 aromatic heterocycles. The van der Waals surface area contributed by atoms with Gasteiger partial charge in [0.15, 0.2) is 0 Å². The molecule has 4 saturated carbocycles. The van der Waals surface area contributed by atoms with Crippen LogP contribution in [0.25, 0.3) is 43.8 Å². The molecule has 49 heavy (non-hydrogen) atoms. The van der Waals surface area contributed by atoms with Crippen molar-refractivity contribution in [2.24, 2.45) is 23.7 Å². The van der Waals surface area contributed by atoms with Gasteiger partial charge in [0, 0.05) is 22.4 Å². The van der Waals surface area contributed by atoms with Gasteiger partial charge < -0.3 is 4.90 Å². The number of anilines is 3. The summed E-state index contributed by atoms with van der Waals surface area (Å²) in [5.74, 6) is 3.35. The summed E-state index contributed by atoms with van der Waals surface area (Å²) in [4.78, 5) is 2.55. The second-order valence-electron chi connectivity index (χ2n) is 15.4. The summed E-state index contributed by atoms with van der Waals surface area (Å²) in [5, 5.41) is 5.17. The van der Waals surface area contributed by atoms with E-state index in [4.69, 9.17) is 0 Å². The van der Waals surface area contributed by atoms with E-state index in [0.717, 1.165) is 23.7 Å². The minimum Gasteiger partial charge on any atom is -0.310 e. The highest BCUT2D eigenvalue weighted by Gasteiger charge is 2.61. The molecule has 7 aromatic rings. The largest absolute Gasteiger partial charge is 0.310 e. The van der Waals surface area contributed by atoms with Crippen molar-refractivity contribution in [2.75, 3.05) is 4.90 Å². The van der Waals surface area contributed by atoms with E-state index in [-0.39, 0.29) is 5.41 Å². The van der Waals surface area contributed by atoms with Crippen molar-refractivity contribution in [1.29, 1.82) is 0 Å². The third-order valence-electron chi connectivity index (χ3n) is 13.0. The standard InChI is InChI=1S/C48H39N/c1-2-9-33(10-3-1)34-19-21-39(22-20-34)49(40-23-24-42-36(30-40)18-17-35-11-4-5-12-41(35)42)46-16-8-15-45-47(46)43-13-6-7-14-44(43)48(45)37-26-31-25-32(28-37)29-38(48)27-31/h1-24,30-32,37-38H,25-29H2. The molecule has 1 heteroatoms. The van der Waals surface area contributed by atoms with Crippen molar-refractivity contribution in [3.8, 4) is 22.3 Å². The maximum Gasteiger partial charge on any atom is 0.0543 e. The van der Waals surface area contributed by atoms with Gasteiger partial charge in [0.2, 0.25) is 0 Å². The predicted molar refractivity (Wildman–Crippen MR) is 205 cm³/mol. The third-order valence-corrected chi connectivity index (χ3v) is 13.0. The SMILES string of the molecule is c1ccc(-c2ccc(N(c3ccc4c(ccc5ccccc54)c3)c3cccc4c3-c3ccccc3C43C4CC5CC(C4)CC3C5)cc2)cc1. The van der Waals surface area contributed by atoms with Crippen molar-refractivity contribution >= 4 is 38.6 Å². The molecule has 1 nitrogen and oxygen atoms in total. The number of rotatable bonds is 4. The maximum absolute atomic E-state index is 2.55. The second-order valence-corrected chi connectivity index (χ2v) is 15.4. The van der Waals surface area contributed by atoms with E-state index < -0.39 is 0 Å². The molecule has 4 fully saturated rings. The van der Waals surface area contributed by atoms with Gasteiger partial charge in [0.25, 0.3) is 0 Å². The zero-order valence-electron chi connectivity index (χ0n) is 27.7. The number of benzene rings is 7. The quantitative estimate of drug-likeness (QED) is 0.175. The van der Waals surface area contributed by atoms with E-state index in [1.54, 1.807) is 11.1 Å². The first-order valence-corrected chi connectivity index (χ1v) is 18.4. The summed E-state index contributed by atoms with van der Waals surface area (Å²) >= 11 is 0. The van der Waals surface area contributed by atoms with Crippen LogP contribution >= 0.6 is 0 Å². The van der Waals surface area contributed by atoms with E-state index in [2.05, 4.69) is 157 Å². The highest BCUT2D eigenvalue weighted by molar-refractivity contribution is 6.09. The molecular weight excluding hydrogens is 591 g/mol. The Labute approximate surface area is 288 Å². The summed E-state index contributed by atoms with van der Waals surface area (Å²) in [6.45, 7) is 0. The van der Waals surface area contributed by atoms with E-state index in [1.807, 2.05) is 0 Å². The average Bonchev–Trinajstić information content (AvgIpc) is 3.45. The molecule has 5 aliphatic rings. The lowest BCUT2D eigenvalue weighted by molar-refractivity contribution is -0.0399. The first-order valence-electron chi connectivity index (χ1n) is 18.4. The number of hydrogen-bond acceptors (Lipinski definition) is 1. The van der Waals surface area contributed by atoms with Crippen molar-refractivity contribution in [2.45, 2.75) is 37.5 Å². The van der Waals surface area contributed by atoms with E-state index >= 15 is 0 Å². The van der Waals surface area contributed by atoms with Gasteiger partial charge in [-0.05, 0) is 135 Å². The Morgan fingerprint density at radius 1 is 0.449 bits per heavy atom. The minimum absolute atomic E-state index is 0.139. The third kappa shape index (κ3) is 3.93. The van der Waals surface area contributed by atoms with Gasteiger partial charge >= 0.3 is 0 Å². The fourth-order valence-electron chi connectivity index (χ4n) is 11.4. The fourth-order valence-corrected chi connectivity index (χ4v) is 11.4. The van der Waals surface area contributed by atoms with Crippen molar-refractivity contribution in [3.05, 3.63) is 163 Å². The predicted octanol–water partition coefficient (Wildman–Crippen LogP) is 12.9. The molecule has 4 bridgehead atoms. The first-order chi connectivity index (χ1) is 24.3. The summed E-state index contributed by atoms with van der Waals surface area (Å²) in [6.07, 6.45) is 7.06. The van der Waals surface area contributed by atoms with E-state index in [0.29, 0.717) is 0 Å². The average molecular weight is 630 g/mol. The molecule has 1 spiro atoms. The van der Waals surface area contributed by atoms with Gasteiger partial charge in [-0.2, -0.15) is 0 Å². The van der Waals surface area contributed by atoms with Crippen LogP contribution in [0.5, 0.6) is 0 Å². The van der Waals surface area contributed by atoms with Crippen LogP contribution in [0, 0.1) is 23.7 Å². The fraction of sp³-hybridized carbons (Fsp3) is 0.208. The van der Waals surface area contributed by atoms with Gasteiger partial charge in [-0.25, -0.2) is 0 Å². The molecule has 0 heterocycles. The topological polar surface area (TPSA) is 3.24 Å². The molecule has 0 saturated heterocycles. The van der Waals surface area contributed by atoms with E-state index in [1.165, 1.54) is 93.0 Å². The molecule has 0 radical (unpaired) electrons. The van der Waals surface area contributed by atoms with Crippen LogP contribution in [0.4, 0.5) is 17.1 Å².